The fourth-order valence-corrected chi connectivity index (χ4v) is 2.07. The standard InChI is InChI=1S/C16H15F2NO2/c1-10(12-5-3-4-6-14(12)18)19(2)16(21)13-9-11(17)7-8-15(13)20/h3-10,20H,1-2H3. The maximum absolute atomic E-state index is 13.8. The number of benzene rings is 2. The van der Waals surface area contributed by atoms with Crippen molar-refractivity contribution < 1.29 is 18.7 Å². The Bertz CT molecular complexity index is 673. The number of carbonyl (C=O) groups excluding carboxylic acids is 1. The Balaban J connectivity index is 2.31. The lowest BCUT2D eigenvalue weighted by Gasteiger charge is -2.26. The van der Waals surface area contributed by atoms with Gasteiger partial charge in [0.05, 0.1) is 11.6 Å². The summed E-state index contributed by atoms with van der Waals surface area (Å²) in [7, 11) is 1.48. The Morgan fingerprint density at radius 3 is 2.52 bits per heavy atom. The summed E-state index contributed by atoms with van der Waals surface area (Å²) in [4.78, 5) is 13.6. The smallest absolute Gasteiger partial charge is 0.257 e. The topological polar surface area (TPSA) is 40.5 Å². The molecule has 0 aliphatic carbocycles. The van der Waals surface area contributed by atoms with Crippen LogP contribution in [0.2, 0.25) is 0 Å². The molecule has 5 heteroatoms. The van der Waals surface area contributed by atoms with Crippen molar-refractivity contribution in [3.8, 4) is 5.75 Å². The molecule has 0 saturated carbocycles. The molecule has 0 bridgehead atoms. The third-order valence-electron chi connectivity index (χ3n) is 3.45. The van der Waals surface area contributed by atoms with Crippen molar-refractivity contribution in [2.45, 2.75) is 13.0 Å². The summed E-state index contributed by atoms with van der Waals surface area (Å²) in [5, 5.41) is 9.67. The molecule has 1 atom stereocenters. The van der Waals surface area contributed by atoms with Crippen LogP contribution in [-0.4, -0.2) is 23.0 Å². The average Bonchev–Trinajstić information content (AvgIpc) is 2.48. The Labute approximate surface area is 121 Å². The second-order valence-corrected chi connectivity index (χ2v) is 4.78. The zero-order valence-electron chi connectivity index (χ0n) is 11.7. The van der Waals surface area contributed by atoms with E-state index in [0.29, 0.717) is 5.56 Å². The third-order valence-corrected chi connectivity index (χ3v) is 3.45. The van der Waals surface area contributed by atoms with Gasteiger partial charge < -0.3 is 10.0 Å². The molecular weight excluding hydrogens is 276 g/mol. The van der Waals surface area contributed by atoms with Gasteiger partial charge in [-0.1, -0.05) is 18.2 Å². The van der Waals surface area contributed by atoms with Gasteiger partial charge in [-0.05, 0) is 31.2 Å². The molecule has 0 heterocycles. The zero-order valence-corrected chi connectivity index (χ0v) is 11.7. The number of carbonyl (C=O) groups is 1. The van der Waals surface area contributed by atoms with Crippen molar-refractivity contribution in [1.29, 1.82) is 0 Å². The molecule has 0 saturated heterocycles. The summed E-state index contributed by atoms with van der Waals surface area (Å²) < 4.78 is 27.0. The minimum atomic E-state index is -0.622. The normalized spacial score (nSPS) is 12.0. The van der Waals surface area contributed by atoms with Crippen LogP contribution in [0.3, 0.4) is 0 Å². The molecule has 2 aromatic rings. The molecule has 1 amide bonds. The molecule has 0 aliphatic heterocycles. The molecule has 0 spiro atoms. The van der Waals surface area contributed by atoms with Gasteiger partial charge in [0, 0.05) is 12.6 Å². The van der Waals surface area contributed by atoms with Gasteiger partial charge in [-0.2, -0.15) is 0 Å². The van der Waals surface area contributed by atoms with E-state index in [0.717, 1.165) is 18.2 Å². The summed E-state index contributed by atoms with van der Waals surface area (Å²) in [6, 6.07) is 8.71. The number of rotatable bonds is 3. The molecule has 3 nitrogen and oxygen atoms in total. The molecule has 1 N–H and O–H groups in total. The van der Waals surface area contributed by atoms with Crippen LogP contribution in [0.1, 0.15) is 28.9 Å². The molecule has 2 rings (SSSR count). The summed E-state index contributed by atoms with van der Waals surface area (Å²) in [6.07, 6.45) is 0. The molecule has 110 valence electrons. The summed E-state index contributed by atoms with van der Waals surface area (Å²) in [5.41, 5.74) is 0.199. The zero-order chi connectivity index (χ0) is 15.6. The second-order valence-electron chi connectivity index (χ2n) is 4.78. The maximum Gasteiger partial charge on any atom is 0.257 e. The van der Waals surface area contributed by atoms with Gasteiger partial charge in [-0.3, -0.25) is 4.79 Å². The molecule has 0 radical (unpaired) electrons. The van der Waals surface area contributed by atoms with Crippen LogP contribution in [0.25, 0.3) is 0 Å². The number of phenolic OH excluding ortho intramolecular Hbond substituents is 1. The van der Waals surface area contributed by atoms with Crippen molar-refractivity contribution in [2.75, 3.05) is 7.05 Å². The van der Waals surface area contributed by atoms with Crippen molar-refractivity contribution in [2.24, 2.45) is 0 Å². The molecule has 21 heavy (non-hydrogen) atoms. The number of hydrogen-bond donors (Lipinski definition) is 1. The highest BCUT2D eigenvalue weighted by Gasteiger charge is 2.23. The van der Waals surface area contributed by atoms with Crippen LogP contribution in [0.15, 0.2) is 42.5 Å². The lowest BCUT2D eigenvalue weighted by atomic mass is 10.1. The van der Waals surface area contributed by atoms with Crippen molar-refractivity contribution in [3.05, 3.63) is 65.2 Å². The lowest BCUT2D eigenvalue weighted by molar-refractivity contribution is 0.0737. The van der Waals surface area contributed by atoms with Crippen LogP contribution in [0.5, 0.6) is 5.75 Å². The van der Waals surface area contributed by atoms with Crippen LogP contribution >= 0.6 is 0 Å². The summed E-state index contributed by atoms with van der Waals surface area (Å²) in [6.45, 7) is 1.66. The highest BCUT2D eigenvalue weighted by atomic mass is 19.1. The van der Waals surface area contributed by atoms with Crippen molar-refractivity contribution in [3.63, 3.8) is 0 Å². The van der Waals surface area contributed by atoms with E-state index in [1.54, 1.807) is 25.1 Å². The number of hydrogen-bond acceptors (Lipinski definition) is 2. The molecule has 0 fully saturated rings. The van der Waals surface area contributed by atoms with E-state index in [4.69, 9.17) is 0 Å². The van der Waals surface area contributed by atoms with Crippen LogP contribution in [0, 0.1) is 11.6 Å². The highest BCUT2D eigenvalue weighted by Crippen LogP contribution is 2.26. The van der Waals surface area contributed by atoms with E-state index >= 15 is 0 Å². The quantitative estimate of drug-likeness (QED) is 0.940. The minimum absolute atomic E-state index is 0.152. The molecule has 0 aliphatic rings. The van der Waals surface area contributed by atoms with Crippen molar-refractivity contribution >= 4 is 5.91 Å². The summed E-state index contributed by atoms with van der Waals surface area (Å²) >= 11 is 0. The van der Waals surface area contributed by atoms with Gasteiger partial charge in [-0.15, -0.1) is 0 Å². The molecular formula is C16H15F2NO2. The number of aromatic hydroxyl groups is 1. The first-order valence-corrected chi connectivity index (χ1v) is 6.42. The van der Waals surface area contributed by atoms with Gasteiger partial charge >= 0.3 is 0 Å². The fraction of sp³-hybridized carbons (Fsp3) is 0.188. The first-order chi connectivity index (χ1) is 9.91. The van der Waals surface area contributed by atoms with E-state index in [9.17, 15) is 18.7 Å². The van der Waals surface area contributed by atoms with Gasteiger partial charge in [0.25, 0.3) is 5.91 Å². The van der Waals surface area contributed by atoms with E-state index in [2.05, 4.69) is 0 Å². The largest absolute Gasteiger partial charge is 0.507 e. The van der Waals surface area contributed by atoms with E-state index in [-0.39, 0.29) is 11.3 Å². The monoisotopic (exact) mass is 291 g/mol. The maximum atomic E-state index is 13.8. The number of phenols is 1. The van der Waals surface area contributed by atoms with Gasteiger partial charge in [-0.25, -0.2) is 8.78 Å². The van der Waals surface area contributed by atoms with Crippen LogP contribution in [-0.2, 0) is 0 Å². The third kappa shape index (κ3) is 3.02. The minimum Gasteiger partial charge on any atom is -0.507 e. The van der Waals surface area contributed by atoms with Gasteiger partial charge in [0.15, 0.2) is 0 Å². The lowest BCUT2D eigenvalue weighted by Crippen LogP contribution is -2.30. The Morgan fingerprint density at radius 2 is 1.86 bits per heavy atom. The average molecular weight is 291 g/mol. The Hall–Kier alpha value is -2.43. The SMILES string of the molecule is CC(c1ccccc1F)N(C)C(=O)c1cc(F)ccc1O. The van der Waals surface area contributed by atoms with Crippen molar-refractivity contribution in [1.82, 2.24) is 4.90 Å². The molecule has 1 unspecified atom stereocenters. The van der Waals surface area contributed by atoms with E-state index < -0.39 is 23.6 Å². The summed E-state index contributed by atoms with van der Waals surface area (Å²) in [5.74, 6) is -1.94. The first kappa shape index (κ1) is 15.0. The predicted octanol–water partition coefficient (Wildman–Crippen LogP) is 3.50. The molecule has 0 aromatic heterocycles. The first-order valence-electron chi connectivity index (χ1n) is 6.42. The van der Waals surface area contributed by atoms with Gasteiger partial charge in [0.1, 0.15) is 17.4 Å². The van der Waals surface area contributed by atoms with Gasteiger partial charge in [0.2, 0.25) is 0 Å². The number of nitrogens with zero attached hydrogens (tertiary/aromatic N) is 1. The predicted molar refractivity (Wildman–Crippen MR) is 75.0 cm³/mol. The fourth-order valence-electron chi connectivity index (χ4n) is 2.07. The Morgan fingerprint density at radius 1 is 1.19 bits per heavy atom. The number of halogens is 2. The van der Waals surface area contributed by atoms with E-state index in [1.807, 2.05) is 0 Å². The van der Waals surface area contributed by atoms with Crippen LogP contribution in [0.4, 0.5) is 8.78 Å². The number of amides is 1. The second kappa shape index (κ2) is 5.91. The Kier molecular flexibility index (Phi) is 4.21. The van der Waals surface area contributed by atoms with Crippen LogP contribution < -0.4 is 0 Å². The molecule has 2 aromatic carbocycles. The highest BCUT2D eigenvalue weighted by molar-refractivity contribution is 5.96. The van der Waals surface area contributed by atoms with E-state index in [1.165, 1.54) is 18.0 Å².